The van der Waals surface area contributed by atoms with E-state index in [0.717, 1.165) is 12.8 Å². The van der Waals surface area contributed by atoms with Crippen LogP contribution in [0.5, 0.6) is 0 Å². The number of Topliss-reactive ketones (excluding diaryl/α,β-unsaturated/α-hetero) is 1. The number of rotatable bonds is 2. The minimum Gasteiger partial charge on any atom is -0.325 e. The van der Waals surface area contributed by atoms with Crippen LogP contribution in [0.4, 0.5) is 0 Å². The van der Waals surface area contributed by atoms with Gasteiger partial charge < -0.3 is 4.98 Å². The van der Waals surface area contributed by atoms with Gasteiger partial charge in [0.2, 0.25) is 0 Å². The van der Waals surface area contributed by atoms with E-state index in [-0.39, 0.29) is 17.3 Å². The van der Waals surface area contributed by atoms with Crippen molar-refractivity contribution in [2.75, 3.05) is 0 Å². The molecule has 0 atom stereocenters. The van der Waals surface area contributed by atoms with Gasteiger partial charge >= 0.3 is 0 Å². The Balaban J connectivity index is 2.52. The Hall–Kier alpha value is -1.89. The minimum atomic E-state index is -0.428. The van der Waals surface area contributed by atoms with Crippen LogP contribution in [0.1, 0.15) is 34.5 Å². The van der Waals surface area contributed by atoms with Crippen LogP contribution in [-0.2, 0) is 0 Å². The van der Waals surface area contributed by atoms with Crippen LogP contribution in [0.15, 0.2) is 10.9 Å². The van der Waals surface area contributed by atoms with E-state index in [2.05, 4.69) is 4.98 Å². The number of carbonyl (C=O) groups is 1. The van der Waals surface area contributed by atoms with Crippen molar-refractivity contribution in [3.8, 4) is 6.07 Å². The largest absolute Gasteiger partial charge is 0.325 e. The fourth-order valence-corrected chi connectivity index (χ4v) is 1.53. The number of pyridine rings is 1. The molecule has 0 unspecified atom stereocenters. The topological polar surface area (TPSA) is 73.7 Å². The molecular weight excluding hydrogens is 192 g/mol. The quantitative estimate of drug-likeness (QED) is 0.731. The molecule has 0 amide bonds. The summed E-state index contributed by atoms with van der Waals surface area (Å²) in [5.41, 5.74) is 0.608. The molecule has 76 valence electrons. The van der Waals surface area contributed by atoms with Crippen LogP contribution in [-0.4, -0.2) is 10.8 Å². The van der Waals surface area contributed by atoms with Gasteiger partial charge in [-0.2, -0.15) is 5.26 Å². The molecule has 4 heteroatoms. The number of aromatic amines is 1. The van der Waals surface area contributed by atoms with Crippen molar-refractivity contribution in [1.82, 2.24) is 4.98 Å². The van der Waals surface area contributed by atoms with Gasteiger partial charge in [0.1, 0.15) is 11.6 Å². The predicted octanol–water partition coefficient (Wildman–Crippen LogP) is 1.15. The predicted molar refractivity (Wildman–Crippen MR) is 53.6 cm³/mol. The molecular formula is C11H10N2O2. The highest BCUT2D eigenvalue weighted by Crippen LogP contribution is 2.33. The Labute approximate surface area is 86.6 Å². The molecule has 4 nitrogen and oxygen atoms in total. The number of hydrogen-bond acceptors (Lipinski definition) is 3. The Kier molecular flexibility index (Phi) is 2.16. The highest BCUT2D eigenvalue weighted by molar-refractivity contribution is 6.00. The van der Waals surface area contributed by atoms with Gasteiger partial charge in [0.15, 0.2) is 5.78 Å². The molecule has 1 N–H and O–H groups in total. The third-order valence-corrected chi connectivity index (χ3v) is 2.57. The van der Waals surface area contributed by atoms with Crippen molar-refractivity contribution < 1.29 is 4.79 Å². The van der Waals surface area contributed by atoms with Gasteiger partial charge in [0, 0.05) is 17.2 Å². The number of nitrogens with zero attached hydrogens (tertiary/aromatic N) is 1. The number of H-pyrrole nitrogens is 1. The van der Waals surface area contributed by atoms with Crippen LogP contribution in [0, 0.1) is 24.2 Å². The van der Waals surface area contributed by atoms with E-state index >= 15 is 0 Å². The number of nitriles is 1. The maximum absolute atomic E-state index is 11.8. The molecule has 2 rings (SSSR count). The first-order chi connectivity index (χ1) is 7.13. The first kappa shape index (κ1) is 9.66. The normalized spacial score (nSPS) is 14.7. The SMILES string of the molecule is Cc1[nH]c(=O)c(C#N)cc1C(=O)C1CC1. The molecule has 1 aliphatic rings. The second kappa shape index (κ2) is 3.35. The molecule has 1 heterocycles. The summed E-state index contributed by atoms with van der Waals surface area (Å²) in [6.07, 6.45) is 1.83. The van der Waals surface area contributed by atoms with Crippen LogP contribution in [0.25, 0.3) is 0 Å². The van der Waals surface area contributed by atoms with Crippen LogP contribution < -0.4 is 5.56 Å². The molecule has 0 aliphatic heterocycles. The average Bonchev–Trinajstić information content (AvgIpc) is 3.00. The fourth-order valence-electron chi connectivity index (χ4n) is 1.53. The fraction of sp³-hybridized carbons (Fsp3) is 0.364. The summed E-state index contributed by atoms with van der Waals surface area (Å²) in [5, 5.41) is 8.69. The Bertz CT molecular complexity index is 518. The second-order valence-corrected chi connectivity index (χ2v) is 3.80. The summed E-state index contributed by atoms with van der Waals surface area (Å²) < 4.78 is 0. The van der Waals surface area contributed by atoms with Crippen molar-refractivity contribution in [3.63, 3.8) is 0 Å². The summed E-state index contributed by atoms with van der Waals surface area (Å²) in [7, 11) is 0. The summed E-state index contributed by atoms with van der Waals surface area (Å²) >= 11 is 0. The van der Waals surface area contributed by atoms with E-state index in [1.165, 1.54) is 6.07 Å². The lowest BCUT2D eigenvalue weighted by atomic mass is 10.0. The third-order valence-electron chi connectivity index (χ3n) is 2.57. The summed E-state index contributed by atoms with van der Waals surface area (Å²) in [6.45, 7) is 1.68. The van der Waals surface area contributed by atoms with Crippen molar-refractivity contribution in [2.45, 2.75) is 19.8 Å². The first-order valence-electron chi connectivity index (χ1n) is 4.81. The standard InChI is InChI=1S/C11H10N2O2/c1-6-9(10(14)7-2-3-7)4-8(5-12)11(15)13-6/h4,7H,2-3H2,1H3,(H,13,15). The molecule has 0 bridgehead atoms. The molecule has 1 saturated carbocycles. The molecule has 0 spiro atoms. The summed E-state index contributed by atoms with van der Waals surface area (Å²) in [6, 6.07) is 3.18. The second-order valence-electron chi connectivity index (χ2n) is 3.80. The third kappa shape index (κ3) is 1.68. The monoisotopic (exact) mass is 202 g/mol. The lowest BCUT2D eigenvalue weighted by Gasteiger charge is -2.03. The first-order valence-corrected chi connectivity index (χ1v) is 4.81. The number of hydrogen-bond donors (Lipinski definition) is 1. The van der Waals surface area contributed by atoms with Crippen molar-refractivity contribution in [1.29, 1.82) is 5.26 Å². The van der Waals surface area contributed by atoms with Gasteiger partial charge in [-0.3, -0.25) is 9.59 Å². The van der Waals surface area contributed by atoms with Crippen molar-refractivity contribution >= 4 is 5.78 Å². The molecule has 1 fully saturated rings. The molecule has 1 aliphatic carbocycles. The Morgan fingerprint density at radius 3 is 2.80 bits per heavy atom. The van der Waals surface area contributed by atoms with Gasteiger partial charge in [-0.1, -0.05) is 0 Å². The molecule has 15 heavy (non-hydrogen) atoms. The average molecular weight is 202 g/mol. The van der Waals surface area contributed by atoms with E-state index in [0.29, 0.717) is 11.3 Å². The zero-order valence-electron chi connectivity index (χ0n) is 8.33. The zero-order chi connectivity index (χ0) is 11.0. The van der Waals surface area contributed by atoms with E-state index in [9.17, 15) is 9.59 Å². The van der Waals surface area contributed by atoms with Gasteiger partial charge in [-0.15, -0.1) is 0 Å². The van der Waals surface area contributed by atoms with Crippen LogP contribution in [0.2, 0.25) is 0 Å². The van der Waals surface area contributed by atoms with Gasteiger partial charge in [0.05, 0.1) is 0 Å². The molecule has 1 aromatic rings. The van der Waals surface area contributed by atoms with Crippen LogP contribution >= 0.6 is 0 Å². The minimum absolute atomic E-state index is 0.00426. The lowest BCUT2D eigenvalue weighted by Crippen LogP contribution is -2.16. The highest BCUT2D eigenvalue weighted by atomic mass is 16.1. The smallest absolute Gasteiger partial charge is 0.266 e. The van der Waals surface area contributed by atoms with Gasteiger partial charge in [-0.05, 0) is 25.8 Å². The summed E-state index contributed by atoms with van der Waals surface area (Å²) in [5.74, 6) is 0.140. The number of carbonyl (C=O) groups excluding carboxylic acids is 1. The summed E-state index contributed by atoms with van der Waals surface area (Å²) in [4.78, 5) is 25.5. The lowest BCUT2D eigenvalue weighted by molar-refractivity contribution is 0.0966. The number of nitrogens with one attached hydrogen (secondary N) is 1. The Morgan fingerprint density at radius 1 is 1.60 bits per heavy atom. The van der Waals surface area contributed by atoms with Crippen molar-refractivity contribution in [3.05, 3.63) is 33.2 Å². The van der Waals surface area contributed by atoms with Gasteiger partial charge in [0.25, 0.3) is 5.56 Å². The van der Waals surface area contributed by atoms with Crippen molar-refractivity contribution in [2.24, 2.45) is 5.92 Å². The molecule has 0 aromatic carbocycles. The molecule has 0 radical (unpaired) electrons. The maximum atomic E-state index is 11.8. The van der Waals surface area contributed by atoms with E-state index in [4.69, 9.17) is 5.26 Å². The highest BCUT2D eigenvalue weighted by Gasteiger charge is 2.31. The van der Waals surface area contributed by atoms with E-state index < -0.39 is 5.56 Å². The number of ketones is 1. The van der Waals surface area contributed by atoms with Gasteiger partial charge in [-0.25, -0.2) is 0 Å². The Morgan fingerprint density at radius 2 is 2.27 bits per heavy atom. The number of aromatic nitrogens is 1. The van der Waals surface area contributed by atoms with E-state index in [1.54, 1.807) is 13.0 Å². The van der Waals surface area contributed by atoms with Crippen LogP contribution in [0.3, 0.4) is 0 Å². The molecule has 1 aromatic heterocycles. The maximum Gasteiger partial charge on any atom is 0.266 e. The zero-order valence-corrected chi connectivity index (χ0v) is 8.33. The van der Waals surface area contributed by atoms with E-state index in [1.807, 2.05) is 0 Å². The number of aryl methyl sites for hydroxylation is 1. The molecule has 0 saturated heterocycles.